The third-order valence-electron chi connectivity index (χ3n) is 2.38. The van der Waals surface area contributed by atoms with Gasteiger partial charge in [0.1, 0.15) is 5.65 Å². The highest BCUT2D eigenvalue weighted by molar-refractivity contribution is 5.43. The number of imidazole rings is 1. The number of aliphatic hydroxyl groups is 1. The molecule has 0 aromatic carbocycles. The van der Waals surface area contributed by atoms with Crippen molar-refractivity contribution in [2.45, 2.75) is 26.4 Å². The first-order chi connectivity index (χ1) is 6.72. The van der Waals surface area contributed by atoms with Gasteiger partial charge in [0.05, 0.1) is 6.61 Å². The van der Waals surface area contributed by atoms with Crippen molar-refractivity contribution in [2.24, 2.45) is 0 Å². The average Bonchev–Trinajstić information content (AvgIpc) is 2.59. The van der Waals surface area contributed by atoms with Crippen molar-refractivity contribution in [3.8, 4) is 0 Å². The average molecular weight is 190 g/mol. The predicted octanol–water partition coefficient (Wildman–Crippen LogP) is 1.95. The second-order valence-electron chi connectivity index (χ2n) is 3.76. The SMILES string of the molecule is CC(C)c1cnc2cc(CO)ccn12. The van der Waals surface area contributed by atoms with Gasteiger partial charge in [-0.3, -0.25) is 0 Å². The topological polar surface area (TPSA) is 37.5 Å². The Labute approximate surface area is 83.0 Å². The van der Waals surface area contributed by atoms with Crippen LogP contribution in [-0.2, 0) is 6.61 Å². The zero-order valence-electron chi connectivity index (χ0n) is 8.44. The number of hydrogen-bond donors (Lipinski definition) is 1. The molecule has 2 rings (SSSR count). The van der Waals surface area contributed by atoms with Crippen LogP contribution in [0.25, 0.3) is 5.65 Å². The molecule has 0 atom stereocenters. The molecule has 2 heterocycles. The molecule has 3 nitrogen and oxygen atoms in total. The number of pyridine rings is 1. The Morgan fingerprint density at radius 2 is 2.29 bits per heavy atom. The minimum absolute atomic E-state index is 0.0698. The quantitative estimate of drug-likeness (QED) is 0.786. The normalized spacial score (nSPS) is 11.4. The summed E-state index contributed by atoms with van der Waals surface area (Å²) in [5.74, 6) is 0.463. The lowest BCUT2D eigenvalue weighted by Crippen LogP contribution is -1.95. The maximum atomic E-state index is 8.98. The molecule has 2 aromatic rings. The fourth-order valence-electron chi connectivity index (χ4n) is 1.57. The largest absolute Gasteiger partial charge is 0.392 e. The van der Waals surface area contributed by atoms with Crippen molar-refractivity contribution in [2.75, 3.05) is 0 Å². The minimum atomic E-state index is 0.0698. The Bertz CT molecular complexity index is 445. The highest BCUT2D eigenvalue weighted by Gasteiger charge is 2.06. The Kier molecular flexibility index (Phi) is 2.25. The van der Waals surface area contributed by atoms with Gasteiger partial charge in [-0.2, -0.15) is 0 Å². The lowest BCUT2D eigenvalue weighted by atomic mass is 10.1. The molecule has 14 heavy (non-hydrogen) atoms. The summed E-state index contributed by atoms with van der Waals surface area (Å²) >= 11 is 0. The van der Waals surface area contributed by atoms with Crippen LogP contribution in [-0.4, -0.2) is 14.5 Å². The Morgan fingerprint density at radius 3 is 2.93 bits per heavy atom. The van der Waals surface area contributed by atoms with Gasteiger partial charge in [0.25, 0.3) is 0 Å². The monoisotopic (exact) mass is 190 g/mol. The molecule has 0 fully saturated rings. The molecule has 0 bridgehead atoms. The van der Waals surface area contributed by atoms with E-state index in [0.29, 0.717) is 5.92 Å². The number of aliphatic hydroxyl groups excluding tert-OH is 1. The molecule has 0 amide bonds. The summed E-state index contributed by atoms with van der Waals surface area (Å²) in [6.45, 7) is 4.35. The zero-order chi connectivity index (χ0) is 10.1. The molecule has 0 radical (unpaired) electrons. The van der Waals surface area contributed by atoms with Crippen molar-refractivity contribution in [3.63, 3.8) is 0 Å². The summed E-state index contributed by atoms with van der Waals surface area (Å²) in [5.41, 5.74) is 3.00. The molecule has 74 valence electrons. The van der Waals surface area contributed by atoms with Crippen molar-refractivity contribution >= 4 is 5.65 Å². The summed E-state index contributed by atoms with van der Waals surface area (Å²) in [7, 11) is 0. The molecular weight excluding hydrogens is 176 g/mol. The van der Waals surface area contributed by atoms with Crippen LogP contribution in [0.1, 0.15) is 31.0 Å². The van der Waals surface area contributed by atoms with Crippen LogP contribution in [0.15, 0.2) is 24.5 Å². The Hall–Kier alpha value is -1.35. The van der Waals surface area contributed by atoms with Crippen LogP contribution in [0.5, 0.6) is 0 Å². The molecular formula is C11H14N2O. The second kappa shape index (κ2) is 3.42. The maximum Gasteiger partial charge on any atom is 0.137 e. The summed E-state index contributed by atoms with van der Waals surface area (Å²) < 4.78 is 2.06. The van der Waals surface area contributed by atoms with E-state index in [1.54, 1.807) is 0 Å². The van der Waals surface area contributed by atoms with Crippen LogP contribution in [0.2, 0.25) is 0 Å². The van der Waals surface area contributed by atoms with Crippen LogP contribution in [0.4, 0.5) is 0 Å². The first-order valence-electron chi connectivity index (χ1n) is 4.79. The molecule has 0 aliphatic rings. The summed E-state index contributed by atoms with van der Waals surface area (Å²) in [6, 6.07) is 3.83. The van der Waals surface area contributed by atoms with Crippen LogP contribution < -0.4 is 0 Å². The van der Waals surface area contributed by atoms with Gasteiger partial charge in [-0.25, -0.2) is 4.98 Å². The first-order valence-corrected chi connectivity index (χ1v) is 4.79. The van der Waals surface area contributed by atoms with Crippen molar-refractivity contribution in [1.29, 1.82) is 0 Å². The van der Waals surface area contributed by atoms with E-state index in [-0.39, 0.29) is 6.61 Å². The Morgan fingerprint density at radius 1 is 1.50 bits per heavy atom. The molecule has 0 unspecified atom stereocenters. The van der Waals surface area contributed by atoms with Crippen molar-refractivity contribution in [3.05, 3.63) is 35.8 Å². The van der Waals surface area contributed by atoms with Gasteiger partial charge in [-0.1, -0.05) is 13.8 Å². The minimum Gasteiger partial charge on any atom is -0.392 e. The molecule has 0 saturated heterocycles. The molecule has 0 spiro atoms. The summed E-state index contributed by atoms with van der Waals surface area (Å²) in [4.78, 5) is 4.30. The van der Waals surface area contributed by atoms with E-state index in [1.165, 1.54) is 5.69 Å². The van der Waals surface area contributed by atoms with Crippen LogP contribution >= 0.6 is 0 Å². The van der Waals surface area contributed by atoms with Gasteiger partial charge in [0.2, 0.25) is 0 Å². The highest BCUT2D eigenvalue weighted by atomic mass is 16.3. The number of hydrogen-bond acceptors (Lipinski definition) is 2. The molecule has 0 saturated carbocycles. The fraction of sp³-hybridized carbons (Fsp3) is 0.364. The summed E-state index contributed by atoms with van der Waals surface area (Å²) in [5, 5.41) is 8.98. The van der Waals surface area contributed by atoms with E-state index in [0.717, 1.165) is 11.2 Å². The number of fused-ring (bicyclic) bond motifs is 1. The van der Waals surface area contributed by atoms with E-state index in [2.05, 4.69) is 23.2 Å². The van der Waals surface area contributed by atoms with Gasteiger partial charge in [-0.05, 0) is 23.6 Å². The molecule has 0 aliphatic heterocycles. The smallest absolute Gasteiger partial charge is 0.137 e. The van der Waals surface area contributed by atoms with E-state index >= 15 is 0 Å². The van der Waals surface area contributed by atoms with Gasteiger partial charge in [-0.15, -0.1) is 0 Å². The van der Waals surface area contributed by atoms with E-state index in [4.69, 9.17) is 5.11 Å². The van der Waals surface area contributed by atoms with Gasteiger partial charge >= 0.3 is 0 Å². The molecule has 3 heteroatoms. The van der Waals surface area contributed by atoms with Crippen molar-refractivity contribution < 1.29 is 5.11 Å². The molecule has 2 aromatic heterocycles. The number of nitrogens with zero attached hydrogens (tertiary/aromatic N) is 2. The highest BCUT2D eigenvalue weighted by Crippen LogP contribution is 2.16. The third-order valence-corrected chi connectivity index (χ3v) is 2.38. The van der Waals surface area contributed by atoms with Gasteiger partial charge in [0.15, 0.2) is 0 Å². The van der Waals surface area contributed by atoms with Crippen molar-refractivity contribution in [1.82, 2.24) is 9.38 Å². The standard InChI is InChI=1S/C11H14N2O/c1-8(2)10-6-12-11-5-9(7-14)3-4-13(10)11/h3-6,8,14H,7H2,1-2H3. The summed E-state index contributed by atoms with van der Waals surface area (Å²) in [6.07, 6.45) is 3.85. The third kappa shape index (κ3) is 1.40. The van der Waals surface area contributed by atoms with Gasteiger partial charge in [0, 0.05) is 18.1 Å². The lowest BCUT2D eigenvalue weighted by molar-refractivity contribution is 0.282. The second-order valence-corrected chi connectivity index (χ2v) is 3.76. The number of aromatic nitrogens is 2. The van der Waals surface area contributed by atoms with Gasteiger partial charge < -0.3 is 9.51 Å². The Balaban J connectivity index is 2.59. The lowest BCUT2D eigenvalue weighted by Gasteiger charge is -2.04. The fourth-order valence-corrected chi connectivity index (χ4v) is 1.57. The number of rotatable bonds is 2. The zero-order valence-corrected chi connectivity index (χ0v) is 8.44. The van der Waals surface area contributed by atoms with E-state index in [9.17, 15) is 0 Å². The predicted molar refractivity (Wildman–Crippen MR) is 55.2 cm³/mol. The van der Waals surface area contributed by atoms with E-state index in [1.807, 2.05) is 24.5 Å². The van der Waals surface area contributed by atoms with Crippen LogP contribution in [0, 0.1) is 0 Å². The van der Waals surface area contributed by atoms with E-state index < -0.39 is 0 Å². The van der Waals surface area contributed by atoms with Crippen LogP contribution in [0.3, 0.4) is 0 Å². The molecule has 0 aliphatic carbocycles. The maximum absolute atomic E-state index is 8.98. The molecule has 1 N–H and O–H groups in total. The first kappa shape index (κ1) is 9.21.